The van der Waals surface area contributed by atoms with Gasteiger partial charge >= 0.3 is 12.0 Å². The molecule has 0 fully saturated rings. The summed E-state index contributed by atoms with van der Waals surface area (Å²) in [6, 6.07) is -0.335. The van der Waals surface area contributed by atoms with E-state index in [9.17, 15) is 9.59 Å². The molecule has 94 valence electrons. The van der Waals surface area contributed by atoms with Crippen LogP contribution in [0.15, 0.2) is 0 Å². The van der Waals surface area contributed by atoms with Crippen molar-refractivity contribution in [2.24, 2.45) is 5.92 Å². The van der Waals surface area contributed by atoms with Crippen LogP contribution in [0.2, 0.25) is 0 Å². The van der Waals surface area contributed by atoms with Gasteiger partial charge in [0, 0.05) is 19.5 Å². The van der Waals surface area contributed by atoms with Crippen molar-refractivity contribution in [3.63, 3.8) is 0 Å². The maximum absolute atomic E-state index is 11.1. The largest absolute Gasteiger partial charge is 0.479 e. The van der Waals surface area contributed by atoms with Crippen molar-refractivity contribution in [1.82, 2.24) is 10.6 Å². The summed E-state index contributed by atoms with van der Waals surface area (Å²) >= 11 is 0. The third-order valence-corrected chi connectivity index (χ3v) is 2.00. The van der Waals surface area contributed by atoms with Gasteiger partial charge in [0.15, 0.2) is 6.10 Å². The monoisotopic (exact) mass is 232 g/mol. The minimum atomic E-state index is -1.42. The number of carbonyl (C=O) groups excluding carboxylic acids is 1. The zero-order chi connectivity index (χ0) is 12.6. The second-order valence-corrected chi connectivity index (χ2v) is 4.01. The first kappa shape index (κ1) is 14.7. The molecule has 0 radical (unpaired) electrons. The van der Waals surface area contributed by atoms with Gasteiger partial charge in [-0.05, 0) is 12.3 Å². The second-order valence-electron chi connectivity index (χ2n) is 4.01. The number of aliphatic hydroxyl groups excluding tert-OH is 1. The van der Waals surface area contributed by atoms with Crippen molar-refractivity contribution in [2.75, 3.05) is 13.1 Å². The summed E-state index contributed by atoms with van der Waals surface area (Å²) in [5.74, 6) is -0.754. The van der Waals surface area contributed by atoms with Crippen LogP contribution in [0.25, 0.3) is 0 Å². The molecule has 6 nitrogen and oxygen atoms in total. The Labute approximate surface area is 95.0 Å². The summed E-state index contributed by atoms with van der Waals surface area (Å²) in [6.45, 7) is 4.84. The number of carboxylic acid groups (broad SMARTS) is 1. The Hall–Kier alpha value is -1.30. The fourth-order valence-electron chi connectivity index (χ4n) is 0.983. The third kappa shape index (κ3) is 8.05. The van der Waals surface area contributed by atoms with Gasteiger partial charge in [-0.25, -0.2) is 9.59 Å². The average Bonchev–Trinajstić information content (AvgIpc) is 2.16. The zero-order valence-electron chi connectivity index (χ0n) is 9.69. The van der Waals surface area contributed by atoms with E-state index in [0.717, 1.165) is 6.42 Å². The van der Waals surface area contributed by atoms with Crippen molar-refractivity contribution < 1.29 is 19.8 Å². The number of carbonyl (C=O) groups is 2. The highest BCUT2D eigenvalue weighted by molar-refractivity contribution is 5.74. The first-order chi connectivity index (χ1) is 7.43. The van der Waals surface area contributed by atoms with Crippen LogP contribution in [0.4, 0.5) is 4.79 Å². The molecule has 0 spiro atoms. The van der Waals surface area contributed by atoms with Crippen LogP contribution in [0.5, 0.6) is 0 Å². The van der Waals surface area contributed by atoms with Gasteiger partial charge in [-0.1, -0.05) is 13.8 Å². The normalized spacial score (nSPS) is 12.2. The van der Waals surface area contributed by atoms with Crippen molar-refractivity contribution in [1.29, 1.82) is 0 Å². The first-order valence-corrected chi connectivity index (χ1v) is 5.36. The lowest BCUT2D eigenvalue weighted by atomic mass is 10.1. The molecule has 0 aromatic carbocycles. The van der Waals surface area contributed by atoms with E-state index >= 15 is 0 Å². The minimum absolute atomic E-state index is 0.00688. The molecule has 16 heavy (non-hydrogen) atoms. The standard InChI is InChI=1S/C10H20N2O4/c1-7(2)3-5-11-10(16)12-6-4-8(13)9(14)15/h7-8,13H,3-6H2,1-2H3,(H,14,15)(H2,11,12,16). The molecule has 0 aromatic rings. The van der Waals surface area contributed by atoms with E-state index in [0.29, 0.717) is 12.5 Å². The lowest BCUT2D eigenvalue weighted by Gasteiger charge is -2.09. The number of amides is 2. The quantitative estimate of drug-likeness (QED) is 0.502. The van der Waals surface area contributed by atoms with Gasteiger partial charge in [0.25, 0.3) is 0 Å². The highest BCUT2D eigenvalue weighted by Gasteiger charge is 2.12. The molecular weight excluding hydrogens is 212 g/mol. The summed E-state index contributed by atoms with van der Waals surface area (Å²) in [5, 5.41) is 22.4. The van der Waals surface area contributed by atoms with Crippen LogP contribution in [0.3, 0.4) is 0 Å². The number of urea groups is 1. The van der Waals surface area contributed by atoms with Gasteiger partial charge in [-0.15, -0.1) is 0 Å². The Balaban J connectivity index is 3.47. The number of hydrogen-bond acceptors (Lipinski definition) is 3. The second kappa shape index (κ2) is 7.92. The fraction of sp³-hybridized carbons (Fsp3) is 0.800. The van der Waals surface area contributed by atoms with Crippen molar-refractivity contribution >= 4 is 12.0 Å². The van der Waals surface area contributed by atoms with Gasteiger partial charge in [0.2, 0.25) is 0 Å². The van der Waals surface area contributed by atoms with E-state index in [1.807, 2.05) is 0 Å². The Morgan fingerprint density at radius 3 is 2.06 bits per heavy atom. The summed E-state index contributed by atoms with van der Waals surface area (Å²) in [5.41, 5.74) is 0. The Bertz CT molecular complexity index is 231. The molecule has 1 unspecified atom stereocenters. The number of aliphatic carboxylic acids is 1. The van der Waals surface area contributed by atoms with Crippen LogP contribution >= 0.6 is 0 Å². The highest BCUT2D eigenvalue weighted by Crippen LogP contribution is 1.96. The summed E-state index contributed by atoms with van der Waals surface area (Å²) in [6.07, 6.45) is -0.520. The summed E-state index contributed by atoms with van der Waals surface area (Å²) in [7, 11) is 0. The van der Waals surface area contributed by atoms with Gasteiger partial charge < -0.3 is 20.8 Å². The molecule has 0 saturated carbocycles. The van der Waals surface area contributed by atoms with E-state index in [4.69, 9.17) is 10.2 Å². The van der Waals surface area contributed by atoms with Gasteiger partial charge in [0.1, 0.15) is 0 Å². The first-order valence-electron chi connectivity index (χ1n) is 5.36. The molecule has 0 aliphatic rings. The number of rotatable bonds is 7. The molecule has 0 bridgehead atoms. The molecule has 0 aliphatic heterocycles. The predicted molar refractivity (Wildman–Crippen MR) is 59.1 cm³/mol. The van der Waals surface area contributed by atoms with E-state index in [1.165, 1.54) is 0 Å². The number of aliphatic hydroxyl groups is 1. The van der Waals surface area contributed by atoms with E-state index < -0.39 is 12.1 Å². The van der Waals surface area contributed by atoms with Gasteiger partial charge in [-0.3, -0.25) is 0 Å². The fourth-order valence-corrected chi connectivity index (χ4v) is 0.983. The average molecular weight is 232 g/mol. The van der Waals surface area contributed by atoms with Crippen LogP contribution in [0, 0.1) is 5.92 Å². The molecule has 2 amide bonds. The third-order valence-electron chi connectivity index (χ3n) is 2.00. The highest BCUT2D eigenvalue weighted by atomic mass is 16.4. The summed E-state index contributed by atoms with van der Waals surface area (Å²) in [4.78, 5) is 21.4. The number of hydrogen-bond donors (Lipinski definition) is 4. The van der Waals surface area contributed by atoms with Crippen molar-refractivity contribution in [2.45, 2.75) is 32.8 Å². The van der Waals surface area contributed by atoms with Crippen molar-refractivity contribution in [3.05, 3.63) is 0 Å². The predicted octanol–water partition coefficient (Wildman–Crippen LogP) is 0.167. The molecule has 0 saturated heterocycles. The number of nitrogens with one attached hydrogen (secondary N) is 2. The minimum Gasteiger partial charge on any atom is -0.479 e. The van der Waals surface area contributed by atoms with Crippen LogP contribution in [-0.4, -0.2) is 41.4 Å². The smallest absolute Gasteiger partial charge is 0.332 e. The summed E-state index contributed by atoms with van der Waals surface area (Å²) < 4.78 is 0. The lowest BCUT2D eigenvalue weighted by Crippen LogP contribution is -2.38. The Morgan fingerprint density at radius 1 is 1.12 bits per heavy atom. The van der Waals surface area contributed by atoms with Gasteiger partial charge in [-0.2, -0.15) is 0 Å². The molecule has 0 aliphatic carbocycles. The van der Waals surface area contributed by atoms with E-state index in [-0.39, 0.29) is 19.0 Å². The van der Waals surface area contributed by atoms with Crippen LogP contribution in [-0.2, 0) is 4.79 Å². The SMILES string of the molecule is CC(C)CCNC(=O)NCCC(O)C(=O)O. The van der Waals surface area contributed by atoms with E-state index in [2.05, 4.69) is 24.5 Å². The molecule has 4 N–H and O–H groups in total. The van der Waals surface area contributed by atoms with Crippen molar-refractivity contribution in [3.8, 4) is 0 Å². The zero-order valence-corrected chi connectivity index (χ0v) is 9.69. The topological polar surface area (TPSA) is 98.7 Å². The lowest BCUT2D eigenvalue weighted by molar-refractivity contribution is -0.146. The number of carboxylic acids is 1. The molecule has 6 heteroatoms. The maximum Gasteiger partial charge on any atom is 0.332 e. The van der Waals surface area contributed by atoms with Gasteiger partial charge in [0.05, 0.1) is 0 Å². The van der Waals surface area contributed by atoms with E-state index in [1.54, 1.807) is 0 Å². The molecule has 0 rings (SSSR count). The van der Waals surface area contributed by atoms with Crippen LogP contribution < -0.4 is 10.6 Å². The maximum atomic E-state index is 11.1. The molecule has 0 aromatic heterocycles. The molecule has 0 heterocycles. The Kier molecular flexibility index (Phi) is 7.28. The molecule has 1 atom stereocenters. The Morgan fingerprint density at radius 2 is 1.62 bits per heavy atom. The van der Waals surface area contributed by atoms with Crippen LogP contribution in [0.1, 0.15) is 26.7 Å². The molecular formula is C10H20N2O4.